The average molecular weight is 369 g/mol. The van der Waals surface area contributed by atoms with Gasteiger partial charge in [-0.05, 0) is 19.1 Å². The summed E-state index contributed by atoms with van der Waals surface area (Å²) in [6, 6.07) is 8.48. The number of hydrogen-bond acceptors (Lipinski definition) is 5. The van der Waals surface area contributed by atoms with E-state index in [2.05, 4.69) is 50.5 Å². The van der Waals surface area contributed by atoms with Crippen LogP contribution in [0.15, 0.2) is 36.7 Å². The smallest absolute Gasteiger partial charge is 0.236 e. The van der Waals surface area contributed by atoms with Crippen LogP contribution in [-0.4, -0.2) is 84.3 Å². The fourth-order valence-corrected chi connectivity index (χ4v) is 3.65. The molecule has 2 fully saturated rings. The highest BCUT2D eigenvalue weighted by atomic mass is 16.5. The molecule has 144 valence electrons. The van der Waals surface area contributed by atoms with E-state index in [-0.39, 0.29) is 5.91 Å². The number of carbonyl (C=O) groups excluding carboxylic acids is 1. The van der Waals surface area contributed by atoms with Crippen molar-refractivity contribution in [2.75, 3.05) is 63.9 Å². The molecule has 0 N–H and O–H groups in total. The van der Waals surface area contributed by atoms with Crippen LogP contribution in [-0.2, 0) is 9.53 Å². The van der Waals surface area contributed by atoms with E-state index in [1.54, 1.807) is 0 Å². The lowest BCUT2D eigenvalue weighted by Gasteiger charge is -2.36. The van der Waals surface area contributed by atoms with Gasteiger partial charge in [-0.3, -0.25) is 14.3 Å². The second-order valence-electron chi connectivity index (χ2n) is 7.19. The Bertz CT molecular complexity index is 759. The molecule has 7 nitrogen and oxygen atoms in total. The number of anilines is 1. The topological polar surface area (TPSA) is 53.8 Å². The zero-order chi connectivity index (χ0) is 18.6. The van der Waals surface area contributed by atoms with Gasteiger partial charge in [0.1, 0.15) is 0 Å². The van der Waals surface area contributed by atoms with Crippen molar-refractivity contribution >= 4 is 11.9 Å². The number of imidazole rings is 1. The summed E-state index contributed by atoms with van der Waals surface area (Å²) in [6.45, 7) is 8.82. The standard InChI is InChI=1S/C20H27N5O2/c1-17-2-4-18(5-3-17)25-7-6-21-20(25)24-10-8-22(9-11-24)16-19(26)23-12-14-27-15-13-23/h2-7H,8-16H2,1H3. The number of piperazine rings is 1. The molecule has 2 saturated heterocycles. The van der Waals surface area contributed by atoms with Gasteiger partial charge < -0.3 is 14.5 Å². The Hall–Kier alpha value is -2.38. The number of rotatable bonds is 4. The molecule has 1 amide bonds. The Morgan fingerprint density at radius 2 is 1.74 bits per heavy atom. The molecule has 3 heterocycles. The molecule has 4 rings (SSSR count). The van der Waals surface area contributed by atoms with Gasteiger partial charge in [-0.15, -0.1) is 0 Å². The van der Waals surface area contributed by atoms with Crippen LogP contribution in [0.1, 0.15) is 5.56 Å². The molecule has 0 saturated carbocycles. The van der Waals surface area contributed by atoms with Crippen molar-refractivity contribution in [1.29, 1.82) is 0 Å². The number of amides is 1. The van der Waals surface area contributed by atoms with Crippen LogP contribution in [0.3, 0.4) is 0 Å². The Labute approximate surface area is 160 Å². The van der Waals surface area contributed by atoms with Crippen molar-refractivity contribution in [1.82, 2.24) is 19.4 Å². The first kappa shape index (κ1) is 18.0. The summed E-state index contributed by atoms with van der Waals surface area (Å²) >= 11 is 0. The molecule has 2 aliphatic rings. The van der Waals surface area contributed by atoms with Crippen molar-refractivity contribution in [3.05, 3.63) is 42.2 Å². The van der Waals surface area contributed by atoms with E-state index in [0.717, 1.165) is 37.8 Å². The molecular weight excluding hydrogens is 342 g/mol. The lowest BCUT2D eigenvalue weighted by atomic mass is 10.2. The number of benzene rings is 1. The second-order valence-corrected chi connectivity index (χ2v) is 7.19. The molecule has 1 aromatic heterocycles. The van der Waals surface area contributed by atoms with Crippen molar-refractivity contribution in [2.24, 2.45) is 0 Å². The van der Waals surface area contributed by atoms with Crippen LogP contribution in [0.5, 0.6) is 0 Å². The Balaban J connectivity index is 1.35. The van der Waals surface area contributed by atoms with Crippen LogP contribution in [0.2, 0.25) is 0 Å². The molecule has 0 aliphatic carbocycles. The molecule has 0 bridgehead atoms. The van der Waals surface area contributed by atoms with Crippen LogP contribution in [0.25, 0.3) is 5.69 Å². The van der Waals surface area contributed by atoms with E-state index in [1.807, 2.05) is 17.3 Å². The number of ether oxygens (including phenoxy) is 1. The normalized spacial score (nSPS) is 18.7. The lowest BCUT2D eigenvalue weighted by Crippen LogP contribution is -2.52. The summed E-state index contributed by atoms with van der Waals surface area (Å²) in [6.07, 6.45) is 3.86. The van der Waals surface area contributed by atoms with Gasteiger partial charge in [-0.2, -0.15) is 0 Å². The summed E-state index contributed by atoms with van der Waals surface area (Å²) in [4.78, 5) is 23.5. The van der Waals surface area contributed by atoms with E-state index in [4.69, 9.17) is 4.74 Å². The van der Waals surface area contributed by atoms with Crippen molar-refractivity contribution in [2.45, 2.75) is 6.92 Å². The number of nitrogens with zero attached hydrogens (tertiary/aromatic N) is 5. The number of aromatic nitrogens is 2. The maximum atomic E-state index is 12.4. The monoisotopic (exact) mass is 369 g/mol. The molecule has 0 spiro atoms. The van der Waals surface area contributed by atoms with E-state index >= 15 is 0 Å². The maximum absolute atomic E-state index is 12.4. The third-order valence-corrected chi connectivity index (χ3v) is 5.31. The van der Waals surface area contributed by atoms with E-state index < -0.39 is 0 Å². The predicted molar refractivity (Wildman–Crippen MR) is 104 cm³/mol. The predicted octanol–water partition coefficient (Wildman–Crippen LogP) is 1.16. The van der Waals surface area contributed by atoms with E-state index in [1.165, 1.54) is 5.56 Å². The van der Waals surface area contributed by atoms with Crippen molar-refractivity contribution in [3.63, 3.8) is 0 Å². The maximum Gasteiger partial charge on any atom is 0.236 e. The quantitative estimate of drug-likeness (QED) is 0.810. The van der Waals surface area contributed by atoms with Crippen LogP contribution >= 0.6 is 0 Å². The Kier molecular flexibility index (Phi) is 5.40. The Morgan fingerprint density at radius 1 is 1.04 bits per heavy atom. The van der Waals surface area contributed by atoms with Crippen molar-refractivity contribution < 1.29 is 9.53 Å². The van der Waals surface area contributed by atoms with E-state index in [0.29, 0.717) is 32.8 Å². The largest absolute Gasteiger partial charge is 0.378 e. The van der Waals surface area contributed by atoms with Gasteiger partial charge in [0.2, 0.25) is 11.9 Å². The van der Waals surface area contributed by atoms with Gasteiger partial charge in [0.15, 0.2) is 0 Å². The lowest BCUT2D eigenvalue weighted by molar-refractivity contribution is -0.136. The summed E-state index contributed by atoms with van der Waals surface area (Å²) in [5, 5.41) is 0. The molecule has 0 atom stereocenters. The second kappa shape index (κ2) is 8.10. The molecule has 0 unspecified atom stereocenters. The molecule has 2 aliphatic heterocycles. The van der Waals surface area contributed by atoms with Crippen LogP contribution < -0.4 is 4.90 Å². The fraction of sp³-hybridized carbons (Fsp3) is 0.500. The number of carbonyl (C=O) groups is 1. The first-order chi connectivity index (χ1) is 13.2. The molecule has 1 aromatic carbocycles. The van der Waals surface area contributed by atoms with Gasteiger partial charge in [0.25, 0.3) is 0 Å². The third-order valence-electron chi connectivity index (χ3n) is 5.31. The first-order valence-corrected chi connectivity index (χ1v) is 9.64. The highest BCUT2D eigenvalue weighted by Crippen LogP contribution is 2.20. The van der Waals surface area contributed by atoms with Gasteiger partial charge in [0, 0.05) is 57.3 Å². The minimum Gasteiger partial charge on any atom is -0.378 e. The summed E-state index contributed by atoms with van der Waals surface area (Å²) in [5.41, 5.74) is 2.37. The Morgan fingerprint density at radius 3 is 2.44 bits per heavy atom. The molecule has 0 radical (unpaired) electrons. The fourth-order valence-electron chi connectivity index (χ4n) is 3.65. The van der Waals surface area contributed by atoms with Crippen LogP contribution in [0, 0.1) is 6.92 Å². The van der Waals surface area contributed by atoms with Gasteiger partial charge >= 0.3 is 0 Å². The first-order valence-electron chi connectivity index (χ1n) is 9.64. The minimum absolute atomic E-state index is 0.216. The van der Waals surface area contributed by atoms with Crippen LogP contribution in [0.4, 0.5) is 5.95 Å². The average Bonchev–Trinajstić information content (AvgIpc) is 3.19. The highest BCUT2D eigenvalue weighted by Gasteiger charge is 2.24. The molecule has 27 heavy (non-hydrogen) atoms. The van der Waals surface area contributed by atoms with Gasteiger partial charge in [0.05, 0.1) is 19.8 Å². The number of hydrogen-bond donors (Lipinski definition) is 0. The van der Waals surface area contributed by atoms with E-state index in [9.17, 15) is 4.79 Å². The zero-order valence-electron chi connectivity index (χ0n) is 15.9. The van der Waals surface area contributed by atoms with Gasteiger partial charge in [-0.25, -0.2) is 4.98 Å². The summed E-state index contributed by atoms with van der Waals surface area (Å²) in [7, 11) is 0. The summed E-state index contributed by atoms with van der Waals surface area (Å²) in [5.74, 6) is 1.19. The number of morpholine rings is 1. The zero-order valence-corrected chi connectivity index (χ0v) is 15.9. The summed E-state index contributed by atoms with van der Waals surface area (Å²) < 4.78 is 7.46. The molecule has 7 heteroatoms. The molecular formula is C20H27N5O2. The minimum atomic E-state index is 0.216. The SMILES string of the molecule is Cc1ccc(-n2ccnc2N2CCN(CC(=O)N3CCOCC3)CC2)cc1. The highest BCUT2D eigenvalue weighted by molar-refractivity contribution is 5.78. The van der Waals surface area contributed by atoms with Gasteiger partial charge in [-0.1, -0.05) is 17.7 Å². The third kappa shape index (κ3) is 4.14. The number of aryl methyl sites for hydroxylation is 1. The van der Waals surface area contributed by atoms with Crippen molar-refractivity contribution in [3.8, 4) is 5.69 Å². The molecule has 2 aromatic rings.